The van der Waals surface area contributed by atoms with Gasteiger partial charge in [0.25, 0.3) is 5.91 Å². The molecule has 1 aromatic carbocycles. The van der Waals surface area contributed by atoms with Crippen LogP contribution in [0.4, 0.5) is 10.5 Å². The molecule has 0 aliphatic carbocycles. The van der Waals surface area contributed by atoms with Gasteiger partial charge in [-0.25, -0.2) is 9.78 Å². The fourth-order valence-electron chi connectivity index (χ4n) is 3.95. The number of ether oxygens (including phenoxy) is 2. The molecule has 184 valence electrons. The van der Waals surface area contributed by atoms with Gasteiger partial charge in [0.2, 0.25) is 5.88 Å². The molecule has 0 unspecified atom stereocenters. The van der Waals surface area contributed by atoms with E-state index in [9.17, 15) is 9.59 Å². The summed E-state index contributed by atoms with van der Waals surface area (Å²) in [5, 5.41) is 2.65. The third kappa shape index (κ3) is 7.73. The van der Waals surface area contributed by atoms with Crippen LogP contribution in [0.5, 0.6) is 5.88 Å². The van der Waals surface area contributed by atoms with Crippen LogP contribution in [-0.2, 0) is 16.1 Å². The van der Waals surface area contributed by atoms with Crippen molar-refractivity contribution < 1.29 is 19.1 Å². The Morgan fingerprint density at radius 2 is 1.85 bits per heavy atom. The number of pyridine rings is 1. The number of nitrogens with zero attached hydrogens (tertiary/aromatic N) is 3. The van der Waals surface area contributed by atoms with Crippen molar-refractivity contribution in [1.29, 1.82) is 0 Å². The van der Waals surface area contributed by atoms with Gasteiger partial charge in [0.15, 0.2) is 6.61 Å². The maximum absolute atomic E-state index is 12.7. The maximum Gasteiger partial charge on any atom is 0.412 e. The van der Waals surface area contributed by atoms with Gasteiger partial charge in [-0.3, -0.25) is 15.0 Å². The number of likely N-dealkylation sites (tertiary alicyclic amines) is 1. The highest BCUT2D eigenvalue weighted by Gasteiger charge is 2.26. The molecule has 2 amide bonds. The van der Waals surface area contributed by atoms with Gasteiger partial charge in [0.05, 0.1) is 11.9 Å². The van der Waals surface area contributed by atoms with E-state index in [0.29, 0.717) is 11.6 Å². The number of hydrogen-bond donors (Lipinski definition) is 1. The molecule has 0 radical (unpaired) electrons. The van der Waals surface area contributed by atoms with Gasteiger partial charge in [0, 0.05) is 38.3 Å². The SMILES string of the molecule is Cc1cc(NC(=O)OC(C)(C)C)cnc1OCC(=O)N(C)C1CCN(Cc2ccccc2)CC1. The number of piperidine rings is 1. The minimum Gasteiger partial charge on any atom is -0.467 e. The highest BCUT2D eigenvalue weighted by molar-refractivity contribution is 5.84. The van der Waals surface area contributed by atoms with Crippen LogP contribution in [0.1, 0.15) is 44.7 Å². The van der Waals surface area contributed by atoms with Crippen molar-refractivity contribution in [1.82, 2.24) is 14.8 Å². The second kappa shape index (κ2) is 11.3. The monoisotopic (exact) mass is 468 g/mol. The fraction of sp³-hybridized carbons (Fsp3) is 0.500. The van der Waals surface area contributed by atoms with Crippen LogP contribution < -0.4 is 10.1 Å². The average Bonchev–Trinajstić information content (AvgIpc) is 2.78. The van der Waals surface area contributed by atoms with E-state index < -0.39 is 11.7 Å². The second-order valence-corrected chi connectivity index (χ2v) is 9.76. The largest absolute Gasteiger partial charge is 0.467 e. The minimum absolute atomic E-state index is 0.0707. The molecule has 0 bridgehead atoms. The summed E-state index contributed by atoms with van der Waals surface area (Å²) in [7, 11) is 1.84. The lowest BCUT2D eigenvalue weighted by molar-refractivity contribution is -0.135. The van der Waals surface area contributed by atoms with E-state index in [4.69, 9.17) is 9.47 Å². The lowest BCUT2D eigenvalue weighted by atomic mass is 10.0. The first-order valence-electron chi connectivity index (χ1n) is 11.7. The summed E-state index contributed by atoms with van der Waals surface area (Å²) in [6, 6.07) is 12.4. The first-order valence-corrected chi connectivity index (χ1v) is 11.7. The van der Waals surface area contributed by atoms with Gasteiger partial charge in [0.1, 0.15) is 5.60 Å². The summed E-state index contributed by atoms with van der Waals surface area (Å²) in [4.78, 5) is 33.1. The summed E-state index contributed by atoms with van der Waals surface area (Å²) < 4.78 is 10.9. The zero-order valence-corrected chi connectivity index (χ0v) is 20.8. The summed E-state index contributed by atoms with van der Waals surface area (Å²) in [5.41, 5.74) is 1.96. The molecular formula is C26H36N4O4. The molecule has 8 heteroatoms. The Morgan fingerprint density at radius 1 is 1.18 bits per heavy atom. The Hall–Kier alpha value is -3.13. The molecule has 1 aliphatic heterocycles. The molecule has 3 rings (SSSR count). The van der Waals surface area contributed by atoms with E-state index >= 15 is 0 Å². The zero-order chi connectivity index (χ0) is 24.7. The molecular weight excluding hydrogens is 432 g/mol. The first kappa shape index (κ1) is 25.5. The van der Waals surface area contributed by atoms with Crippen LogP contribution in [0.15, 0.2) is 42.6 Å². The van der Waals surface area contributed by atoms with E-state index in [2.05, 4.69) is 39.5 Å². The van der Waals surface area contributed by atoms with Gasteiger partial charge >= 0.3 is 6.09 Å². The summed E-state index contributed by atoms with van der Waals surface area (Å²) >= 11 is 0. The maximum atomic E-state index is 12.7. The van der Waals surface area contributed by atoms with Crippen LogP contribution in [0.25, 0.3) is 0 Å². The summed E-state index contributed by atoms with van der Waals surface area (Å²) in [6.45, 7) is 10.0. The molecule has 2 heterocycles. The lowest BCUT2D eigenvalue weighted by Gasteiger charge is -2.36. The Morgan fingerprint density at radius 3 is 2.47 bits per heavy atom. The summed E-state index contributed by atoms with van der Waals surface area (Å²) in [6.07, 6.45) is 2.83. The molecule has 1 saturated heterocycles. The quantitative estimate of drug-likeness (QED) is 0.654. The lowest BCUT2D eigenvalue weighted by Crippen LogP contribution is -2.46. The van der Waals surface area contributed by atoms with Gasteiger partial charge in [-0.05, 0) is 52.2 Å². The molecule has 8 nitrogen and oxygen atoms in total. The van der Waals surface area contributed by atoms with Crippen LogP contribution in [-0.4, -0.2) is 65.2 Å². The normalized spacial score (nSPS) is 15.0. The first-order chi connectivity index (χ1) is 16.1. The highest BCUT2D eigenvalue weighted by Crippen LogP contribution is 2.21. The highest BCUT2D eigenvalue weighted by atomic mass is 16.6. The molecule has 1 aromatic heterocycles. The number of carbonyl (C=O) groups is 2. The second-order valence-electron chi connectivity index (χ2n) is 9.76. The van der Waals surface area contributed by atoms with Crippen molar-refractivity contribution in [2.24, 2.45) is 0 Å². The molecule has 1 N–H and O–H groups in total. The number of hydrogen-bond acceptors (Lipinski definition) is 6. The zero-order valence-electron chi connectivity index (χ0n) is 20.8. The number of likely N-dealkylation sites (N-methyl/N-ethyl adjacent to an activating group) is 1. The van der Waals surface area contributed by atoms with Gasteiger partial charge in [-0.2, -0.15) is 0 Å². The van der Waals surface area contributed by atoms with Crippen molar-refractivity contribution in [2.75, 3.05) is 32.1 Å². The van der Waals surface area contributed by atoms with E-state index in [1.54, 1.807) is 31.7 Å². The molecule has 0 spiro atoms. The van der Waals surface area contributed by atoms with E-state index in [1.165, 1.54) is 11.8 Å². The van der Waals surface area contributed by atoms with E-state index in [0.717, 1.165) is 38.0 Å². The van der Waals surface area contributed by atoms with E-state index in [1.807, 2.05) is 20.0 Å². The Balaban J connectivity index is 1.44. The number of aryl methyl sites for hydroxylation is 1. The molecule has 0 atom stereocenters. The third-order valence-electron chi connectivity index (χ3n) is 5.76. The molecule has 34 heavy (non-hydrogen) atoms. The average molecular weight is 469 g/mol. The van der Waals surface area contributed by atoms with Crippen molar-refractivity contribution >= 4 is 17.7 Å². The third-order valence-corrected chi connectivity index (χ3v) is 5.76. The van der Waals surface area contributed by atoms with Gasteiger partial charge in [-0.15, -0.1) is 0 Å². The van der Waals surface area contributed by atoms with Crippen LogP contribution >= 0.6 is 0 Å². The molecule has 1 fully saturated rings. The minimum atomic E-state index is -0.583. The molecule has 1 aliphatic rings. The number of anilines is 1. The Bertz CT molecular complexity index is 967. The van der Waals surface area contributed by atoms with Crippen LogP contribution in [0, 0.1) is 6.92 Å². The number of nitrogens with one attached hydrogen (secondary N) is 1. The summed E-state index contributed by atoms with van der Waals surface area (Å²) in [5.74, 6) is 0.299. The van der Waals surface area contributed by atoms with Crippen molar-refractivity contribution in [3.63, 3.8) is 0 Å². The van der Waals surface area contributed by atoms with E-state index in [-0.39, 0.29) is 18.6 Å². The molecule has 0 saturated carbocycles. The standard InChI is InChI=1S/C26H36N4O4/c1-19-15-21(28-25(32)34-26(2,3)4)16-27-24(19)33-18-23(31)29(5)22-11-13-30(14-12-22)17-20-9-7-6-8-10-20/h6-10,15-16,22H,11-14,17-18H2,1-5H3,(H,28,32). The van der Waals surface area contributed by atoms with Crippen LogP contribution in [0.2, 0.25) is 0 Å². The fourth-order valence-corrected chi connectivity index (χ4v) is 3.95. The number of aromatic nitrogens is 1. The van der Waals surface area contributed by atoms with Crippen molar-refractivity contribution in [3.05, 3.63) is 53.7 Å². The number of benzene rings is 1. The van der Waals surface area contributed by atoms with Gasteiger partial charge < -0.3 is 14.4 Å². The predicted molar refractivity (Wildman–Crippen MR) is 132 cm³/mol. The Kier molecular flexibility index (Phi) is 8.50. The van der Waals surface area contributed by atoms with Crippen LogP contribution in [0.3, 0.4) is 0 Å². The van der Waals surface area contributed by atoms with Crippen molar-refractivity contribution in [3.8, 4) is 5.88 Å². The predicted octanol–water partition coefficient (Wildman–Crippen LogP) is 4.24. The number of amides is 2. The topological polar surface area (TPSA) is 84.0 Å². The van der Waals surface area contributed by atoms with Gasteiger partial charge in [-0.1, -0.05) is 30.3 Å². The number of rotatable bonds is 7. The number of carbonyl (C=O) groups excluding carboxylic acids is 2. The smallest absolute Gasteiger partial charge is 0.412 e. The Labute approximate surface area is 202 Å². The van der Waals surface area contributed by atoms with Crippen molar-refractivity contribution in [2.45, 2.75) is 58.7 Å². The molecule has 2 aromatic rings.